The molecule has 0 aromatic heterocycles. The van der Waals surface area contributed by atoms with E-state index in [-0.39, 0.29) is 28.5 Å². The number of aromatic hydroxyl groups is 4. The number of ether oxygens (including phenoxy) is 1. The molecule has 7 nitrogen and oxygen atoms in total. The van der Waals surface area contributed by atoms with Crippen molar-refractivity contribution in [1.29, 1.82) is 0 Å². The van der Waals surface area contributed by atoms with Crippen molar-refractivity contribution in [3.05, 3.63) is 41.1 Å². The number of rotatable bonds is 4. The van der Waals surface area contributed by atoms with E-state index in [4.69, 9.17) is 4.74 Å². The van der Waals surface area contributed by atoms with Crippen LogP contribution < -0.4 is 10.1 Å². The molecular formula is C18H17NO6. The minimum absolute atomic E-state index is 0.0457. The van der Waals surface area contributed by atoms with E-state index in [1.165, 1.54) is 30.3 Å². The second-order valence-electron chi connectivity index (χ2n) is 5.60. The van der Waals surface area contributed by atoms with Gasteiger partial charge >= 0.3 is 0 Å². The SMILES string of the molecule is CCCOc1cc2c(c(O)c1O)C(=O)C(=Cc1ccc(O)c(O)c1)N2. The van der Waals surface area contributed by atoms with Crippen LogP contribution in [0.5, 0.6) is 28.7 Å². The van der Waals surface area contributed by atoms with Crippen molar-refractivity contribution in [2.45, 2.75) is 13.3 Å². The molecule has 7 heteroatoms. The molecule has 0 atom stereocenters. The number of phenolic OH excluding ortho intramolecular Hbond substituents is 4. The van der Waals surface area contributed by atoms with Gasteiger partial charge in [-0.05, 0) is 30.2 Å². The topological polar surface area (TPSA) is 119 Å². The zero-order valence-corrected chi connectivity index (χ0v) is 13.4. The molecule has 1 heterocycles. The summed E-state index contributed by atoms with van der Waals surface area (Å²) in [6.07, 6.45) is 2.18. The van der Waals surface area contributed by atoms with Gasteiger partial charge in [0.2, 0.25) is 11.5 Å². The Morgan fingerprint density at radius 3 is 2.52 bits per heavy atom. The maximum absolute atomic E-state index is 12.5. The van der Waals surface area contributed by atoms with Gasteiger partial charge in [0.1, 0.15) is 0 Å². The Bertz CT molecular complexity index is 888. The fraction of sp³-hybridized carbons (Fsp3) is 0.167. The molecule has 0 saturated carbocycles. The van der Waals surface area contributed by atoms with E-state index in [0.717, 1.165) is 6.42 Å². The van der Waals surface area contributed by atoms with Gasteiger partial charge in [-0.3, -0.25) is 4.79 Å². The third-order valence-electron chi connectivity index (χ3n) is 3.75. The number of carbonyl (C=O) groups excluding carboxylic acids is 1. The van der Waals surface area contributed by atoms with E-state index in [2.05, 4.69) is 5.32 Å². The van der Waals surface area contributed by atoms with Crippen LogP contribution in [0.4, 0.5) is 5.69 Å². The summed E-state index contributed by atoms with van der Waals surface area (Å²) in [5.74, 6) is -2.02. The molecule has 3 rings (SSSR count). The number of hydrogen-bond donors (Lipinski definition) is 5. The lowest BCUT2D eigenvalue weighted by atomic mass is 10.1. The molecule has 0 bridgehead atoms. The first-order valence-corrected chi connectivity index (χ1v) is 7.69. The van der Waals surface area contributed by atoms with Gasteiger partial charge in [0, 0.05) is 6.07 Å². The number of fused-ring (bicyclic) bond motifs is 1. The van der Waals surface area contributed by atoms with Crippen LogP contribution in [0, 0.1) is 0 Å². The van der Waals surface area contributed by atoms with E-state index in [1.807, 2.05) is 6.92 Å². The molecule has 1 aliphatic rings. The molecule has 1 aliphatic heterocycles. The van der Waals surface area contributed by atoms with Crippen LogP contribution in [-0.2, 0) is 0 Å². The Hall–Kier alpha value is -3.35. The van der Waals surface area contributed by atoms with E-state index >= 15 is 0 Å². The molecule has 2 aromatic carbocycles. The number of carbonyl (C=O) groups is 1. The van der Waals surface area contributed by atoms with E-state index in [0.29, 0.717) is 17.9 Å². The molecule has 0 fully saturated rings. The van der Waals surface area contributed by atoms with Crippen molar-refractivity contribution in [1.82, 2.24) is 0 Å². The van der Waals surface area contributed by atoms with Crippen molar-refractivity contribution in [2.24, 2.45) is 0 Å². The normalized spacial score (nSPS) is 14.4. The second kappa shape index (κ2) is 6.27. The number of hydrogen-bond acceptors (Lipinski definition) is 7. The van der Waals surface area contributed by atoms with Crippen molar-refractivity contribution < 1.29 is 30.0 Å². The summed E-state index contributed by atoms with van der Waals surface area (Å²) in [5.41, 5.74) is 0.906. The highest BCUT2D eigenvalue weighted by molar-refractivity contribution is 6.22. The van der Waals surface area contributed by atoms with Crippen molar-refractivity contribution in [3.8, 4) is 28.7 Å². The van der Waals surface area contributed by atoms with Gasteiger partial charge in [-0.15, -0.1) is 0 Å². The van der Waals surface area contributed by atoms with Crippen LogP contribution in [0.1, 0.15) is 29.3 Å². The van der Waals surface area contributed by atoms with Gasteiger partial charge in [-0.1, -0.05) is 13.0 Å². The minimum Gasteiger partial charge on any atom is -0.504 e. The van der Waals surface area contributed by atoms with E-state index in [1.54, 1.807) is 0 Å². The van der Waals surface area contributed by atoms with Gasteiger partial charge in [0.05, 0.1) is 23.6 Å². The highest BCUT2D eigenvalue weighted by Gasteiger charge is 2.31. The number of allylic oxidation sites excluding steroid dienone is 1. The summed E-state index contributed by atoms with van der Waals surface area (Å²) in [5, 5.41) is 41.9. The van der Waals surface area contributed by atoms with Crippen LogP contribution in [0.2, 0.25) is 0 Å². The van der Waals surface area contributed by atoms with Gasteiger partial charge in [-0.25, -0.2) is 0 Å². The number of benzene rings is 2. The smallest absolute Gasteiger partial charge is 0.215 e. The van der Waals surface area contributed by atoms with Crippen molar-refractivity contribution in [3.63, 3.8) is 0 Å². The average Bonchev–Trinajstić information content (AvgIpc) is 2.89. The molecule has 0 radical (unpaired) electrons. The van der Waals surface area contributed by atoms with E-state index < -0.39 is 17.3 Å². The summed E-state index contributed by atoms with van der Waals surface area (Å²) in [6.45, 7) is 2.26. The first-order valence-electron chi connectivity index (χ1n) is 7.69. The van der Waals surface area contributed by atoms with Crippen LogP contribution in [-0.4, -0.2) is 32.8 Å². The van der Waals surface area contributed by atoms with Gasteiger partial charge in [0.15, 0.2) is 23.0 Å². The van der Waals surface area contributed by atoms with Crippen LogP contribution >= 0.6 is 0 Å². The Labute approximate surface area is 143 Å². The maximum atomic E-state index is 12.5. The summed E-state index contributed by atoms with van der Waals surface area (Å²) >= 11 is 0. The molecular weight excluding hydrogens is 326 g/mol. The number of ketones is 1. The maximum Gasteiger partial charge on any atom is 0.215 e. The molecule has 25 heavy (non-hydrogen) atoms. The lowest BCUT2D eigenvalue weighted by Gasteiger charge is -2.10. The van der Waals surface area contributed by atoms with Crippen molar-refractivity contribution in [2.75, 3.05) is 11.9 Å². The number of anilines is 1. The number of Topliss-reactive ketones (excluding diaryl/α,β-unsaturated/α-hetero) is 1. The highest BCUT2D eigenvalue weighted by Crippen LogP contribution is 2.46. The zero-order valence-electron chi connectivity index (χ0n) is 13.4. The van der Waals surface area contributed by atoms with Gasteiger partial charge < -0.3 is 30.5 Å². The second-order valence-corrected chi connectivity index (χ2v) is 5.60. The Morgan fingerprint density at radius 2 is 1.84 bits per heavy atom. The summed E-state index contributed by atoms with van der Waals surface area (Å²) in [4.78, 5) is 12.5. The summed E-state index contributed by atoms with van der Waals surface area (Å²) < 4.78 is 5.37. The third-order valence-corrected chi connectivity index (χ3v) is 3.75. The highest BCUT2D eigenvalue weighted by atomic mass is 16.5. The minimum atomic E-state index is -0.543. The van der Waals surface area contributed by atoms with E-state index in [9.17, 15) is 25.2 Å². The summed E-state index contributed by atoms with van der Waals surface area (Å²) in [7, 11) is 0. The van der Waals surface area contributed by atoms with Crippen LogP contribution in [0.3, 0.4) is 0 Å². The predicted octanol–water partition coefficient (Wildman–Crippen LogP) is 2.95. The predicted molar refractivity (Wildman–Crippen MR) is 91.3 cm³/mol. The monoisotopic (exact) mass is 343 g/mol. The first kappa shape index (κ1) is 16.5. The molecule has 0 aliphatic carbocycles. The lowest BCUT2D eigenvalue weighted by Crippen LogP contribution is -2.00. The van der Waals surface area contributed by atoms with Crippen LogP contribution in [0.25, 0.3) is 6.08 Å². The average molecular weight is 343 g/mol. The third kappa shape index (κ3) is 2.91. The fourth-order valence-corrected chi connectivity index (χ4v) is 2.52. The molecule has 0 amide bonds. The molecule has 0 spiro atoms. The molecule has 0 saturated heterocycles. The van der Waals surface area contributed by atoms with Gasteiger partial charge in [0.25, 0.3) is 0 Å². The largest absolute Gasteiger partial charge is 0.504 e. The standard InChI is InChI=1S/C18H17NO6/c1-2-5-25-14-8-10-15(18(24)17(14)23)16(22)11(19-10)6-9-3-4-12(20)13(21)7-9/h3-4,6-8,19-21,23-24H,2,5H2,1H3. The molecule has 5 N–H and O–H groups in total. The quantitative estimate of drug-likeness (QED) is 0.329. The molecule has 2 aromatic rings. The summed E-state index contributed by atoms with van der Waals surface area (Å²) in [6, 6.07) is 5.57. The van der Waals surface area contributed by atoms with Crippen molar-refractivity contribution >= 4 is 17.5 Å². The Morgan fingerprint density at radius 1 is 1.08 bits per heavy atom. The first-order chi connectivity index (χ1) is 11.9. The number of phenols is 4. The molecule has 0 unspecified atom stereocenters. The lowest BCUT2D eigenvalue weighted by molar-refractivity contribution is 0.103. The Balaban J connectivity index is 1.99. The fourth-order valence-electron chi connectivity index (χ4n) is 2.52. The number of nitrogens with one attached hydrogen (secondary N) is 1. The van der Waals surface area contributed by atoms with Crippen LogP contribution in [0.15, 0.2) is 30.0 Å². The van der Waals surface area contributed by atoms with Gasteiger partial charge in [-0.2, -0.15) is 0 Å². The Kier molecular flexibility index (Phi) is 4.14. The zero-order chi connectivity index (χ0) is 18.1. The molecule has 130 valence electrons.